The third-order valence-electron chi connectivity index (χ3n) is 5.34. The van der Waals surface area contributed by atoms with E-state index in [4.69, 9.17) is 4.74 Å². The molecule has 3 heterocycles. The minimum absolute atomic E-state index is 0.329. The van der Waals surface area contributed by atoms with Crippen molar-refractivity contribution in [3.63, 3.8) is 0 Å². The SMILES string of the molecule is O=C(CC1CCCN1)N1CCC(OCCN2CCCC2)CC1. The normalized spacial score (nSPS) is 27.6. The zero-order chi connectivity index (χ0) is 15.2. The van der Waals surface area contributed by atoms with Crippen molar-refractivity contribution < 1.29 is 9.53 Å². The van der Waals surface area contributed by atoms with Crippen LogP contribution in [0.3, 0.4) is 0 Å². The van der Waals surface area contributed by atoms with Crippen molar-refractivity contribution in [2.75, 3.05) is 45.9 Å². The molecule has 5 nitrogen and oxygen atoms in total. The first-order valence-electron chi connectivity index (χ1n) is 9.16. The van der Waals surface area contributed by atoms with Crippen molar-refractivity contribution in [2.24, 2.45) is 0 Å². The van der Waals surface area contributed by atoms with E-state index in [9.17, 15) is 4.79 Å². The Kier molecular flexibility index (Phi) is 6.10. The predicted molar refractivity (Wildman–Crippen MR) is 86.9 cm³/mol. The number of carbonyl (C=O) groups is 1. The number of hydrogen-bond donors (Lipinski definition) is 1. The molecule has 1 N–H and O–H groups in total. The van der Waals surface area contributed by atoms with Gasteiger partial charge in [-0.25, -0.2) is 0 Å². The Balaban J connectivity index is 1.29. The summed E-state index contributed by atoms with van der Waals surface area (Å²) < 4.78 is 6.01. The number of nitrogens with zero attached hydrogens (tertiary/aromatic N) is 2. The Morgan fingerprint density at radius 3 is 2.50 bits per heavy atom. The van der Waals surface area contributed by atoms with Crippen molar-refractivity contribution >= 4 is 5.91 Å². The van der Waals surface area contributed by atoms with Gasteiger partial charge in [-0.2, -0.15) is 0 Å². The third-order valence-corrected chi connectivity index (χ3v) is 5.34. The largest absolute Gasteiger partial charge is 0.377 e. The predicted octanol–water partition coefficient (Wildman–Crippen LogP) is 1.23. The maximum absolute atomic E-state index is 12.3. The van der Waals surface area contributed by atoms with Crippen LogP contribution in [0.5, 0.6) is 0 Å². The van der Waals surface area contributed by atoms with Gasteiger partial charge in [0.2, 0.25) is 5.91 Å². The zero-order valence-electron chi connectivity index (χ0n) is 13.8. The van der Waals surface area contributed by atoms with Crippen molar-refractivity contribution in [3.8, 4) is 0 Å². The molecule has 1 amide bonds. The third kappa shape index (κ3) is 4.67. The maximum atomic E-state index is 12.3. The van der Waals surface area contributed by atoms with Crippen LogP contribution in [0.1, 0.15) is 44.9 Å². The fraction of sp³-hybridized carbons (Fsp3) is 0.941. The first-order chi connectivity index (χ1) is 10.8. The lowest BCUT2D eigenvalue weighted by atomic mass is 10.1. The van der Waals surface area contributed by atoms with E-state index in [0.29, 0.717) is 24.5 Å². The second-order valence-corrected chi connectivity index (χ2v) is 7.00. The minimum atomic E-state index is 0.329. The number of likely N-dealkylation sites (tertiary alicyclic amines) is 2. The Morgan fingerprint density at radius 1 is 1.05 bits per heavy atom. The summed E-state index contributed by atoms with van der Waals surface area (Å²) in [5.74, 6) is 0.329. The van der Waals surface area contributed by atoms with Gasteiger partial charge in [-0.05, 0) is 58.2 Å². The fourth-order valence-corrected chi connectivity index (χ4v) is 3.90. The van der Waals surface area contributed by atoms with Gasteiger partial charge in [-0.3, -0.25) is 4.79 Å². The van der Waals surface area contributed by atoms with Crippen LogP contribution >= 0.6 is 0 Å². The lowest BCUT2D eigenvalue weighted by molar-refractivity contribution is -0.134. The molecule has 0 aliphatic carbocycles. The highest BCUT2D eigenvalue weighted by atomic mass is 16.5. The van der Waals surface area contributed by atoms with Crippen LogP contribution in [-0.2, 0) is 9.53 Å². The van der Waals surface area contributed by atoms with Crippen LogP contribution in [0.4, 0.5) is 0 Å². The molecule has 0 bridgehead atoms. The van der Waals surface area contributed by atoms with Crippen molar-refractivity contribution in [1.29, 1.82) is 0 Å². The van der Waals surface area contributed by atoms with E-state index in [1.165, 1.54) is 32.4 Å². The smallest absolute Gasteiger partial charge is 0.224 e. The summed E-state index contributed by atoms with van der Waals surface area (Å²) in [5, 5.41) is 3.41. The van der Waals surface area contributed by atoms with Crippen molar-refractivity contribution in [2.45, 2.75) is 57.1 Å². The Labute approximate surface area is 134 Å². The quantitative estimate of drug-likeness (QED) is 0.802. The first kappa shape index (κ1) is 16.2. The van der Waals surface area contributed by atoms with Gasteiger partial charge in [0.25, 0.3) is 0 Å². The van der Waals surface area contributed by atoms with Crippen LogP contribution in [-0.4, -0.2) is 73.7 Å². The summed E-state index contributed by atoms with van der Waals surface area (Å²) in [6.07, 6.45) is 8.10. The molecule has 0 spiro atoms. The number of piperidine rings is 1. The second kappa shape index (κ2) is 8.27. The summed E-state index contributed by atoms with van der Waals surface area (Å²) >= 11 is 0. The fourth-order valence-electron chi connectivity index (χ4n) is 3.90. The molecule has 3 fully saturated rings. The van der Waals surface area contributed by atoms with E-state index in [0.717, 1.165) is 52.0 Å². The summed E-state index contributed by atoms with van der Waals surface area (Å²) in [5.41, 5.74) is 0. The summed E-state index contributed by atoms with van der Waals surface area (Å²) in [4.78, 5) is 16.8. The average Bonchev–Trinajstić information content (AvgIpc) is 3.21. The van der Waals surface area contributed by atoms with Crippen LogP contribution < -0.4 is 5.32 Å². The molecule has 0 saturated carbocycles. The molecule has 1 atom stereocenters. The molecule has 3 rings (SSSR count). The Bertz CT molecular complexity index is 344. The van der Waals surface area contributed by atoms with Gasteiger partial charge in [-0.15, -0.1) is 0 Å². The molecule has 126 valence electrons. The van der Waals surface area contributed by atoms with Gasteiger partial charge in [0.05, 0.1) is 12.7 Å². The second-order valence-electron chi connectivity index (χ2n) is 7.00. The van der Waals surface area contributed by atoms with E-state index in [1.807, 2.05) is 4.90 Å². The van der Waals surface area contributed by atoms with E-state index in [-0.39, 0.29) is 0 Å². The number of rotatable bonds is 6. The molecular weight excluding hydrogens is 278 g/mol. The molecular formula is C17H31N3O2. The van der Waals surface area contributed by atoms with Crippen molar-refractivity contribution in [3.05, 3.63) is 0 Å². The van der Waals surface area contributed by atoms with E-state index in [1.54, 1.807) is 0 Å². The molecule has 5 heteroatoms. The van der Waals surface area contributed by atoms with Gasteiger partial charge in [-0.1, -0.05) is 0 Å². The summed E-state index contributed by atoms with van der Waals surface area (Å²) in [7, 11) is 0. The minimum Gasteiger partial charge on any atom is -0.377 e. The molecule has 0 aromatic rings. The summed E-state index contributed by atoms with van der Waals surface area (Å²) in [6.45, 7) is 7.23. The van der Waals surface area contributed by atoms with Crippen LogP contribution in [0.25, 0.3) is 0 Å². The molecule has 0 radical (unpaired) electrons. The molecule has 3 aliphatic heterocycles. The lowest BCUT2D eigenvalue weighted by Gasteiger charge is -2.33. The highest BCUT2D eigenvalue weighted by Crippen LogP contribution is 2.17. The maximum Gasteiger partial charge on any atom is 0.224 e. The monoisotopic (exact) mass is 309 g/mol. The number of amides is 1. The van der Waals surface area contributed by atoms with Crippen LogP contribution in [0.2, 0.25) is 0 Å². The topological polar surface area (TPSA) is 44.8 Å². The number of nitrogens with one attached hydrogen (secondary N) is 1. The zero-order valence-corrected chi connectivity index (χ0v) is 13.8. The standard InChI is InChI=1S/C17H31N3O2/c21-17(14-15-4-3-7-18-15)20-10-5-16(6-11-20)22-13-12-19-8-1-2-9-19/h15-16,18H,1-14H2. The first-order valence-corrected chi connectivity index (χ1v) is 9.16. The molecule has 0 aromatic carbocycles. The summed E-state index contributed by atoms with van der Waals surface area (Å²) in [6, 6.07) is 0.418. The molecule has 0 aromatic heterocycles. The van der Waals surface area contributed by atoms with Crippen molar-refractivity contribution in [1.82, 2.24) is 15.1 Å². The van der Waals surface area contributed by atoms with E-state index in [2.05, 4.69) is 10.2 Å². The lowest BCUT2D eigenvalue weighted by Crippen LogP contribution is -2.43. The highest BCUT2D eigenvalue weighted by Gasteiger charge is 2.26. The molecule has 22 heavy (non-hydrogen) atoms. The van der Waals surface area contributed by atoms with Gasteiger partial charge in [0, 0.05) is 32.1 Å². The van der Waals surface area contributed by atoms with E-state index < -0.39 is 0 Å². The molecule has 1 unspecified atom stereocenters. The number of carbonyl (C=O) groups excluding carboxylic acids is 1. The number of ether oxygens (including phenoxy) is 1. The van der Waals surface area contributed by atoms with Gasteiger partial charge in [0.15, 0.2) is 0 Å². The highest BCUT2D eigenvalue weighted by molar-refractivity contribution is 5.77. The average molecular weight is 309 g/mol. The molecule has 3 aliphatic rings. The van der Waals surface area contributed by atoms with Crippen LogP contribution in [0, 0.1) is 0 Å². The van der Waals surface area contributed by atoms with Gasteiger partial charge >= 0.3 is 0 Å². The van der Waals surface area contributed by atoms with Crippen LogP contribution in [0.15, 0.2) is 0 Å². The van der Waals surface area contributed by atoms with Gasteiger partial charge in [0.1, 0.15) is 0 Å². The molecule has 3 saturated heterocycles. The van der Waals surface area contributed by atoms with Gasteiger partial charge < -0.3 is 19.9 Å². The number of hydrogen-bond acceptors (Lipinski definition) is 4. The Morgan fingerprint density at radius 2 is 1.82 bits per heavy atom. The Hall–Kier alpha value is -0.650. The van der Waals surface area contributed by atoms with E-state index >= 15 is 0 Å².